The summed E-state index contributed by atoms with van der Waals surface area (Å²) in [6.07, 6.45) is 3.08. The Hall–Kier alpha value is -2.33. The molecule has 0 radical (unpaired) electrons. The predicted molar refractivity (Wildman–Crippen MR) is 116 cm³/mol. The number of phenolic OH excluding ortho intramolecular Hbond substituents is 2. The van der Waals surface area contributed by atoms with Gasteiger partial charge in [-0.15, -0.1) is 0 Å². The van der Waals surface area contributed by atoms with E-state index < -0.39 is 0 Å². The Bertz CT molecular complexity index is 847. The monoisotopic (exact) mass is 381 g/mol. The third kappa shape index (κ3) is 4.16. The van der Waals surface area contributed by atoms with Crippen LogP contribution >= 0.6 is 12.2 Å². The molecule has 3 atom stereocenters. The Balaban J connectivity index is 1.97. The van der Waals surface area contributed by atoms with Gasteiger partial charge in [0.1, 0.15) is 16.5 Å². The molecule has 0 aliphatic heterocycles. The Kier molecular flexibility index (Phi) is 5.85. The zero-order valence-electron chi connectivity index (χ0n) is 15.9. The molecule has 2 aromatic carbocycles. The highest BCUT2D eigenvalue weighted by molar-refractivity contribution is 7.81. The van der Waals surface area contributed by atoms with Crippen LogP contribution in [0.5, 0.6) is 11.5 Å². The first kappa shape index (κ1) is 19.4. The summed E-state index contributed by atoms with van der Waals surface area (Å²) < 4.78 is 0. The minimum absolute atomic E-state index is 0.0470. The summed E-state index contributed by atoms with van der Waals surface area (Å²) in [6, 6.07) is 12.9. The van der Waals surface area contributed by atoms with Crippen LogP contribution < -0.4 is 5.32 Å². The second kappa shape index (κ2) is 8.13. The van der Waals surface area contributed by atoms with Crippen molar-refractivity contribution in [3.05, 3.63) is 65.7 Å². The predicted octanol–water partition coefficient (Wildman–Crippen LogP) is 5.98. The van der Waals surface area contributed by atoms with Crippen molar-refractivity contribution < 1.29 is 10.2 Å². The van der Waals surface area contributed by atoms with Gasteiger partial charge in [0, 0.05) is 11.3 Å². The molecule has 1 aliphatic carbocycles. The van der Waals surface area contributed by atoms with Gasteiger partial charge < -0.3 is 15.5 Å². The first-order valence-corrected chi connectivity index (χ1v) is 9.86. The fraction of sp³-hybridized carbons (Fsp3) is 0.348. The van der Waals surface area contributed by atoms with E-state index >= 15 is 0 Å². The zero-order chi connectivity index (χ0) is 19.6. The lowest BCUT2D eigenvalue weighted by atomic mass is 9.68. The molecule has 1 fully saturated rings. The molecule has 0 heterocycles. The summed E-state index contributed by atoms with van der Waals surface area (Å²) in [6.45, 7) is 8.41. The molecular formula is C23H27NO2S. The lowest BCUT2D eigenvalue weighted by Crippen LogP contribution is -2.23. The molecule has 27 heavy (non-hydrogen) atoms. The Morgan fingerprint density at radius 2 is 1.81 bits per heavy atom. The summed E-state index contributed by atoms with van der Waals surface area (Å²) in [7, 11) is 0. The molecule has 0 spiro atoms. The number of rotatable bonds is 4. The Morgan fingerprint density at radius 3 is 2.48 bits per heavy atom. The molecule has 0 unspecified atom stereocenters. The van der Waals surface area contributed by atoms with Crippen molar-refractivity contribution in [3.63, 3.8) is 0 Å². The van der Waals surface area contributed by atoms with E-state index in [1.165, 1.54) is 0 Å². The van der Waals surface area contributed by atoms with Gasteiger partial charge in [-0.3, -0.25) is 0 Å². The van der Waals surface area contributed by atoms with Crippen LogP contribution in [0.2, 0.25) is 0 Å². The van der Waals surface area contributed by atoms with Gasteiger partial charge in [-0.25, -0.2) is 0 Å². The van der Waals surface area contributed by atoms with Gasteiger partial charge in [0.2, 0.25) is 0 Å². The van der Waals surface area contributed by atoms with Crippen LogP contribution in [0.25, 0.3) is 0 Å². The summed E-state index contributed by atoms with van der Waals surface area (Å²) in [5.74, 6) is 1.05. The minimum atomic E-state index is 0.0470. The number of hydrogen-bond donors (Lipinski definition) is 3. The van der Waals surface area contributed by atoms with Gasteiger partial charge in [-0.1, -0.05) is 55.9 Å². The maximum Gasteiger partial charge on any atom is 0.132 e. The molecule has 142 valence electrons. The van der Waals surface area contributed by atoms with E-state index in [0.29, 0.717) is 22.0 Å². The zero-order valence-corrected chi connectivity index (χ0v) is 16.7. The minimum Gasteiger partial charge on any atom is -0.508 e. The average molecular weight is 382 g/mol. The van der Waals surface area contributed by atoms with Crippen LogP contribution in [0.3, 0.4) is 0 Å². The quantitative estimate of drug-likeness (QED) is 0.450. The van der Waals surface area contributed by atoms with E-state index in [4.69, 9.17) is 12.2 Å². The van der Waals surface area contributed by atoms with Crippen LogP contribution in [0.4, 0.5) is 5.69 Å². The second-order valence-corrected chi connectivity index (χ2v) is 8.10. The number of benzene rings is 2. The van der Waals surface area contributed by atoms with Gasteiger partial charge in [0.25, 0.3) is 0 Å². The lowest BCUT2D eigenvalue weighted by Gasteiger charge is -2.36. The molecular weight excluding hydrogens is 354 g/mol. The fourth-order valence-corrected chi connectivity index (χ4v) is 4.44. The fourth-order valence-electron chi connectivity index (χ4n) is 4.16. The number of hydrogen-bond acceptors (Lipinski definition) is 3. The number of nitrogens with one attached hydrogen (secondary N) is 1. The van der Waals surface area contributed by atoms with E-state index in [2.05, 4.69) is 18.8 Å². The van der Waals surface area contributed by atoms with Gasteiger partial charge in [-0.2, -0.15) is 0 Å². The topological polar surface area (TPSA) is 52.5 Å². The molecule has 1 aliphatic rings. The maximum atomic E-state index is 11.0. The van der Waals surface area contributed by atoms with Crippen molar-refractivity contribution in [1.82, 2.24) is 0 Å². The third-order valence-electron chi connectivity index (χ3n) is 5.59. The van der Waals surface area contributed by atoms with E-state index in [1.807, 2.05) is 37.3 Å². The third-order valence-corrected chi connectivity index (χ3v) is 5.91. The first-order valence-electron chi connectivity index (χ1n) is 9.45. The molecule has 0 saturated heterocycles. The highest BCUT2D eigenvalue weighted by atomic mass is 32.1. The van der Waals surface area contributed by atoms with Gasteiger partial charge >= 0.3 is 0 Å². The number of aromatic hydroxyl groups is 2. The van der Waals surface area contributed by atoms with Gasteiger partial charge in [0.05, 0.1) is 5.56 Å². The van der Waals surface area contributed by atoms with Crippen molar-refractivity contribution in [2.24, 2.45) is 11.8 Å². The largest absolute Gasteiger partial charge is 0.508 e. The Labute approximate surface area is 166 Å². The summed E-state index contributed by atoms with van der Waals surface area (Å²) in [5, 5.41) is 24.8. The van der Waals surface area contributed by atoms with Crippen LogP contribution in [0.15, 0.2) is 54.6 Å². The highest BCUT2D eigenvalue weighted by Gasteiger charge is 2.34. The van der Waals surface area contributed by atoms with E-state index in [0.717, 1.165) is 30.5 Å². The number of anilines is 1. The number of thiocarbonyl (C=S) groups is 1. The SMILES string of the molecule is C=C(C)[C@@H]1CC[C@@H](C)C[C@H]1c1c(O)ccc(C(=S)Nc2ccccc2)c1O. The number of para-hydroxylation sites is 1. The van der Waals surface area contributed by atoms with Crippen LogP contribution in [0, 0.1) is 11.8 Å². The maximum absolute atomic E-state index is 11.0. The van der Waals surface area contributed by atoms with Crippen LogP contribution in [0.1, 0.15) is 50.2 Å². The first-order chi connectivity index (χ1) is 12.9. The molecule has 2 aromatic rings. The van der Waals surface area contributed by atoms with E-state index in [9.17, 15) is 10.2 Å². The van der Waals surface area contributed by atoms with E-state index in [-0.39, 0.29) is 23.3 Å². The summed E-state index contributed by atoms with van der Waals surface area (Å²) in [4.78, 5) is 0.440. The van der Waals surface area contributed by atoms with Crippen molar-refractivity contribution in [2.45, 2.75) is 39.0 Å². The molecule has 0 amide bonds. The Morgan fingerprint density at radius 1 is 1.11 bits per heavy atom. The van der Waals surface area contributed by atoms with Crippen LogP contribution in [-0.2, 0) is 0 Å². The van der Waals surface area contributed by atoms with Crippen molar-refractivity contribution >= 4 is 22.9 Å². The molecule has 1 saturated carbocycles. The summed E-state index contributed by atoms with van der Waals surface area (Å²) in [5.41, 5.74) is 3.10. The number of phenols is 2. The van der Waals surface area contributed by atoms with E-state index in [1.54, 1.807) is 12.1 Å². The lowest BCUT2D eigenvalue weighted by molar-refractivity contribution is 0.267. The molecule has 3 nitrogen and oxygen atoms in total. The normalized spacial score (nSPS) is 22.2. The smallest absolute Gasteiger partial charge is 0.132 e. The van der Waals surface area contributed by atoms with Crippen molar-refractivity contribution in [2.75, 3.05) is 5.32 Å². The standard InChI is InChI=1S/C23H27NO2S/c1-14(2)17-10-9-15(3)13-19(17)21-20(25)12-11-18(22(21)26)23(27)24-16-7-5-4-6-8-16/h4-8,11-12,15,17,19,25-26H,1,9-10,13H2,2-3H3,(H,24,27)/t15-,17+,19-/m1/s1. The van der Waals surface area contributed by atoms with Gasteiger partial charge in [-0.05, 0) is 61.8 Å². The molecule has 0 bridgehead atoms. The molecule has 3 rings (SSSR count). The van der Waals surface area contributed by atoms with Gasteiger partial charge in [0.15, 0.2) is 0 Å². The molecule has 3 N–H and O–H groups in total. The summed E-state index contributed by atoms with van der Waals surface area (Å²) >= 11 is 5.53. The van der Waals surface area contributed by atoms with Crippen molar-refractivity contribution in [1.29, 1.82) is 0 Å². The number of allylic oxidation sites excluding steroid dienone is 1. The molecule has 0 aromatic heterocycles. The highest BCUT2D eigenvalue weighted by Crippen LogP contribution is 2.49. The van der Waals surface area contributed by atoms with Crippen molar-refractivity contribution in [3.8, 4) is 11.5 Å². The second-order valence-electron chi connectivity index (χ2n) is 7.69. The average Bonchev–Trinajstić information content (AvgIpc) is 2.62. The molecule has 4 heteroatoms. The van der Waals surface area contributed by atoms with Crippen LogP contribution in [-0.4, -0.2) is 15.2 Å².